The molecule has 23 heavy (non-hydrogen) atoms. The van der Waals surface area contributed by atoms with Crippen molar-refractivity contribution in [2.45, 2.75) is 20.8 Å². The van der Waals surface area contributed by atoms with Gasteiger partial charge >= 0.3 is 0 Å². The molecule has 0 unspecified atom stereocenters. The normalized spacial score (nSPS) is 10.6. The van der Waals surface area contributed by atoms with Crippen molar-refractivity contribution in [1.29, 1.82) is 0 Å². The first-order chi connectivity index (χ1) is 11.1. The first-order valence-corrected chi connectivity index (χ1v) is 7.55. The maximum atomic E-state index is 12.6. The highest BCUT2D eigenvalue weighted by Gasteiger charge is 2.16. The van der Waals surface area contributed by atoms with E-state index in [0.29, 0.717) is 5.56 Å². The summed E-state index contributed by atoms with van der Waals surface area (Å²) in [6.45, 7) is 5.91. The van der Waals surface area contributed by atoms with Crippen LogP contribution in [0.2, 0.25) is 0 Å². The van der Waals surface area contributed by atoms with Gasteiger partial charge in [0.15, 0.2) is 0 Å². The fourth-order valence-corrected chi connectivity index (χ4v) is 2.58. The van der Waals surface area contributed by atoms with E-state index in [1.54, 1.807) is 6.20 Å². The Bertz CT molecular complexity index is 865. The van der Waals surface area contributed by atoms with Gasteiger partial charge in [0.2, 0.25) is 0 Å². The fourth-order valence-electron chi connectivity index (χ4n) is 2.58. The van der Waals surface area contributed by atoms with Gasteiger partial charge in [-0.25, -0.2) is 4.68 Å². The smallest absolute Gasteiger partial charge is 0.259 e. The topological polar surface area (TPSA) is 46.9 Å². The van der Waals surface area contributed by atoms with Gasteiger partial charge in [-0.3, -0.25) is 4.79 Å². The number of rotatable bonds is 3. The van der Waals surface area contributed by atoms with Gasteiger partial charge < -0.3 is 5.32 Å². The Kier molecular flexibility index (Phi) is 3.98. The Hall–Kier alpha value is -2.88. The molecule has 1 heterocycles. The number of hydrogen-bond donors (Lipinski definition) is 1. The van der Waals surface area contributed by atoms with Gasteiger partial charge in [-0.1, -0.05) is 36.4 Å². The van der Waals surface area contributed by atoms with Crippen molar-refractivity contribution in [3.05, 3.63) is 77.1 Å². The predicted octanol–water partition coefficient (Wildman–Crippen LogP) is 4.05. The average molecular weight is 305 g/mol. The second kappa shape index (κ2) is 6.08. The Morgan fingerprint density at radius 2 is 1.61 bits per heavy atom. The molecular weight excluding hydrogens is 286 g/mol. The molecule has 0 spiro atoms. The molecule has 4 heteroatoms. The molecular formula is C19H19N3O. The highest BCUT2D eigenvalue weighted by molar-refractivity contribution is 6.05. The third-order valence-electron chi connectivity index (χ3n) is 3.99. The van der Waals surface area contributed by atoms with E-state index in [-0.39, 0.29) is 5.91 Å². The summed E-state index contributed by atoms with van der Waals surface area (Å²) in [5.74, 6) is -0.142. The van der Waals surface area contributed by atoms with Gasteiger partial charge in [0.25, 0.3) is 5.91 Å². The summed E-state index contributed by atoms with van der Waals surface area (Å²) in [5.41, 5.74) is 5.36. The minimum absolute atomic E-state index is 0.142. The Morgan fingerprint density at radius 1 is 0.957 bits per heavy atom. The second-order valence-corrected chi connectivity index (χ2v) is 5.61. The zero-order chi connectivity index (χ0) is 16.4. The van der Waals surface area contributed by atoms with Gasteiger partial charge in [-0.2, -0.15) is 5.10 Å². The monoisotopic (exact) mass is 305 g/mol. The molecule has 1 amide bonds. The minimum Gasteiger partial charge on any atom is -0.322 e. The van der Waals surface area contributed by atoms with E-state index in [2.05, 4.69) is 10.4 Å². The summed E-state index contributed by atoms with van der Waals surface area (Å²) in [6.07, 6.45) is 1.62. The lowest BCUT2D eigenvalue weighted by atomic mass is 10.1. The maximum Gasteiger partial charge on any atom is 0.259 e. The Labute approximate surface area is 135 Å². The van der Waals surface area contributed by atoms with E-state index in [0.717, 1.165) is 28.2 Å². The number of carbonyl (C=O) groups excluding carboxylic acids is 1. The van der Waals surface area contributed by atoms with Crippen LogP contribution >= 0.6 is 0 Å². The van der Waals surface area contributed by atoms with Crippen LogP contribution < -0.4 is 5.32 Å². The molecule has 3 rings (SSSR count). The summed E-state index contributed by atoms with van der Waals surface area (Å²) in [4.78, 5) is 12.6. The molecule has 1 aromatic heterocycles. The molecule has 0 aliphatic heterocycles. The van der Waals surface area contributed by atoms with Crippen LogP contribution in [-0.2, 0) is 0 Å². The van der Waals surface area contributed by atoms with E-state index >= 15 is 0 Å². The van der Waals surface area contributed by atoms with Crippen molar-refractivity contribution in [3.63, 3.8) is 0 Å². The molecule has 3 aromatic rings. The molecule has 0 saturated carbocycles. The lowest BCUT2D eigenvalue weighted by molar-refractivity contribution is 0.102. The number of anilines is 1. The molecule has 0 aliphatic rings. The Morgan fingerprint density at radius 3 is 2.30 bits per heavy atom. The number of amides is 1. The minimum atomic E-state index is -0.142. The quantitative estimate of drug-likeness (QED) is 0.793. The van der Waals surface area contributed by atoms with Crippen LogP contribution in [0.15, 0.2) is 54.7 Å². The molecule has 2 aromatic carbocycles. The highest BCUT2D eigenvalue weighted by Crippen LogP contribution is 2.19. The van der Waals surface area contributed by atoms with Crippen molar-refractivity contribution in [1.82, 2.24) is 9.78 Å². The van der Waals surface area contributed by atoms with E-state index < -0.39 is 0 Å². The van der Waals surface area contributed by atoms with Crippen molar-refractivity contribution < 1.29 is 4.79 Å². The van der Waals surface area contributed by atoms with Gasteiger partial charge in [-0.15, -0.1) is 0 Å². The van der Waals surface area contributed by atoms with Crippen LogP contribution in [0.25, 0.3) is 5.69 Å². The number of hydrogen-bond acceptors (Lipinski definition) is 2. The highest BCUT2D eigenvalue weighted by atomic mass is 16.1. The fraction of sp³-hybridized carbons (Fsp3) is 0.158. The average Bonchev–Trinajstić information content (AvgIpc) is 2.92. The zero-order valence-corrected chi connectivity index (χ0v) is 13.5. The molecule has 116 valence electrons. The molecule has 0 radical (unpaired) electrons. The van der Waals surface area contributed by atoms with Crippen LogP contribution in [0.3, 0.4) is 0 Å². The van der Waals surface area contributed by atoms with Crippen molar-refractivity contribution in [2.24, 2.45) is 0 Å². The number of aryl methyl sites for hydroxylation is 2. The zero-order valence-electron chi connectivity index (χ0n) is 13.5. The van der Waals surface area contributed by atoms with Crippen LogP contribution in [0, 0.1) is 20.8 Å². The molecule has 0 saturated heterocycles. The lowest BCUT2D eigenvalue weighted by Crippen LogP contribution is -2.14. The number of nitrogens with zero attached hydrogens (tertiary/aromatic N) is 2. The standard InChI is InChI=1S/C19H19N3O/c1-13-8-4-6-10-17(13)21-19(23)16-12-20-22(15(16)3)18-11-7-5-9-14(18)2/h4-12H,1-3H3,(H,21,23). The SMILES string of the molecule is Cc1ccccc1NC(=O)c1cnn(-c2ccccc2C)c1C. The molecule has 0 aliphatic carbocycles. The largest absolute Gasteiger partial charge is 0.322 e. The van der Waals surface area contributed by atoms with Crippen LogP contribution in [0.1, 0.15) is 27.2 Å². The van der Waals surface area contributed by atoms with E-state index in [1.165, 1.54) is 0 Å². The van der Waals surface area contributed by atoms with Gasteiger partial charge in [-0.05, 0) is 44.0 Å². The Balaban J connectivity index is 1.92. The summed E-state index contributed by atoms with van der Waals surface area (Å²) < 4.78 is 1.81. The van der Waals surface area contributed by atoms with Gasteiger partial charge in [0.05, 0.1) is 23.1 Å². The van der Waals surface area contributed by atoms with Crippen LogP contribution in [0.4, 0.5) is 5.69 Å². The summed E-state index contributed by atoms with van der Waals surface area (Å²) >= 11 is 0. The first-order valence-electron chi connectivity index (χ1n) is 7.55. The number of carbonyl (C=O) groups is 1. The third kappa shape index (κ3) is 2.88. The molecule has 4 nitrogen and oxygen atoms in total. The summed E-state index contributed by atoms with van der Waals surface area (Å²) in [7, 11) is 0. The molecule has 0 bridgehead atoms. The number of benzene rings is 2. The van der Waals surface area contributed by atoms with Crippen LogP contribution in [-0.4, -0.2) is 15.7 Å². The number of aromatic nitrogens is 2. The van der Waals surface area contributed by atoms with Crippen molar-refractivity contribution >= 4 is 11.6 Å². The van der Waals surface area contributed by atoms with Gasteiger partial charge in [0, 0.05) is 5.69 Å². The van der Waals surface area contributed by atoms with Gasteiger partial charge in [0.1, 0.15) is 0 Å². The van der Waals surface area contributed by atoms with Crippen molar-refractivity contribution in [2.75, 3.05) is 5.32 Å². The predicted molar refractivity (Wildman–Crippen MR) is 92.2 cm³/mol. The lowest BCUT2D eigenvalue weighted by Gasteiger charge is -2.10. The van der Waals surface area contributed by atoms with E-state index in [9.17, 15) is 4.79 Å². The summed E-state index contributed by atoms with van der Waals surface area (Å²) in [5, 5.41) is 7.34. The second-order valence-electron chi connectivity index (χ2n) is 5.61. The summed E-state index contributed by atoms with van der Waals surface area (Å²) in [6, 6.07) is 15.7. The van der Waals surface area contributed by atoms with E-state index in [1.807, 2.05) is 74.0 Å². The first kappa shape index (κ1) is 15.0. The number of nitrogens with one attached hydrogen (secondary N) is 1. The van der Waals surface area contributed by atoms with Crippen molar-refractivity contribution in [3.8, 4) is 5.69 Å². The maximum absolute atomic E-state index is 12.6. The van der Waals surface area contributed by atoms with E-state index in [4.69, 9.17) is 0 Å². The van der Waals surface area contributed by atoms with Crippen LogP contribution in [0.5, 0.6) is 0 Å². The molecule has 0 fully saturated rings. The molecule has 0 atom stereocenters. The number of para-hydroxylation sites is 2. The third-order valence-corrected chi connectivity index (χ3v) is 3.99. The molecule has 1 N–H and O–H groups in total.